The van der Waals surface area contributed by atoms with Crippen molar-refractivity contribution in [2.75, 3.05) is 13.1 Å². The van der Waals surface area contributed by atoms with E-state index in [1.54, 1.807) is 31.3 Å². The molecule has 1 N–H and O–H groups in total. The molecule has 1 aliphatic heterocycles. The van der Waals surface area contributed by atoms with E-state index >= 15 is 0 Å². The lowest BCUT2D eigenvalue weighted by atomic mass is 10.1. The monoisotopic (exact) mass is 382 g/mol. The molecule has 0 saturated carbocycles. The van der Waals surface area contributed by atoms with Gasteiger partial charge in [-0.3, -0.25) is 4.79 Å². The summed E-state index contributed by atoms with van der Waals surface area (Å²) in [7, 11) is -2.08. The number of hydrogen-bond donors (Lipinski definition) is 1. The lowest BCUT2D eigenvalue weighted by Gasteiger charge is -2.31. The molecular weight excluding hydrogens is 364 g/mol. The van der Waals surface area contributed by atoms with Gasteiger partial charge in [0.15, 0.2) is 0 Å². The lowest BCUT2D eigenvalue weighted by molar-refractivity contribution is 0.0924. The molecule has 1 saturated heterocycles. The molecule has 0 unspecified atom stereocenters. The van der Waals surface area contributed by atoms with Gasteiger partial charge in [0.2, 0.25) is 5.03 Å². The second-order valence-corrected chi connectivity index (χ2v) is 8.18. The first kappa shape index (κ1) is 17.9. The highest BCUT2D eigenvalue weighted by molar-refractivity contribution is 7.89. The quantitative estimate of drug-likeness (QED) is 0.871. The molecule has 2 heterocycles. The van der Waals surface area contributed by atoms with Crippen LogP contribution in [0.1, 0.15) is 23.2 Å². The molecule has 2 aromatic rings. The van der Waals surface area contributed by atoms with Crippen LogP contribution in [0, 0.1) is 0 Å². The predicted octanol–water partition coefficient (Wildman–Crippen LogP) is 1.66. The predicted molar refractivity (Wildman–Crippen MR) is 93.9 cm³/mol. The molecule has 9 heteroatoms. The number of aromatic nitrogens is 2. The number of carbonyl (C=O) groups is 1. The van der Waals surface area contributed by atoms with Gasteiger partial charge in [0.1, 0.15) is 5.15 Å². The van der Waals surface area contributed by atoms with Crippen LogP contribution in [0.2, 0.25) is 5.15 Å². The van der Waals surface area contributed by atoms with E-state index in [2.05, 4.69) is 10.3 Å². The number of rotatable bonds is 4. The van der Waals surface area contributed by atoms with Crippen LogP contribution in [0.5, 0.6) is 0 Å². The minimum atomic E-state index is -3.72. The number of benzene rings is 1. The van der Waals surface area contributed by atoms with Crippen molar-refractivity contribution < 1.29 is 13.2 Å². The third kappa shape index (κ3) is 3.70. The van der Waals surface area contributed by atoms with Crippen LogP contribution in [-0.2, 0) is 17.1 Å². The van der Waals surface area contributed by atoms with Crippen LogP contribution < -0.4 is 5.32 Å². The summed E-state index contributed by atoms with van der Waals surface area (Å²) in [4.78, 5) is 16.1. The Labute approximate surface area is 151 Å². The van der Waals surface area contributed by atoms with Crippen LogP contribution in [-0.4, -0.2) is 47.3 Å². The Kier molecular flexibility index (Phi) is 5.12. The van der Waals surface area contributed by atoms with Gasteiger partial charge in [-0.1, -0.05) is 29.8 Å². The summed E-state index contributed by atoms with van der Waals surface area (Å²) in [5, 5.41) is 2.93. The molecule has 0 bridgehead atoms. The Morgan fingerprint density at radius 2 is 1.88 bits per heavy atom. The average Bonchev–Trinajstić information content (AvgIpc) is 2.96. The number of nitrogens with zero attached hydrogens (tertiary/aromatic N) is 3. The second-order valence-electron chi connectivity index (χ2n) is 5.97. The third-order valence-electron chi connectivity index (χ3n) is 4.24. The second kappa shape index (κ2) is 7.15. The van der Waals surface area contributed by atoms with E-state index in [4.69, 9.17) is 11.6 Å². The first-order chi connectivity index (χ1) is 11.9. The number of piperidine rings is 1. The van der Waals surface area contributed by atoms with Gasteiger partial charge in [0.05, 0.1) is 6.33 Å². The van der Waals surface area contributed by atoms with Crippen molar-refractivity contribution in [3.8, 4) is 0 Å². The lowest BCUT2D eigenvalue weighted by Crippen LogP contribution is -2.46. The van der Waals surface area contributed by atoms with Gasteiger partial charge in [0, 0.05) is 31.7 Å². The zero-order valence-electron chi connectivity index (χ0n) is 13.7. The van der Waals surface area contributed by atoms with Crippen molar-refractivity contribution in [2.45, 2.75) is 23.9 Å². The van der Waals surface area contributed by atoms with E-state index < -0.39 is 10.0 Å². The fraction of sp³-hybridized carbons (Fsp3) is 0.375. The molecule has 0 atom stereocenters. The van der Waals surface area contributed by atoms with Crippen LogP contribution in [0.3, 0.4) is 0 Å². The SMILES string of the molecule is Cn1cnc(S(=O)(=O)N2CCC(NC(=O)c3ccccc3)CC2)c1Cl. The molecule has 134 valence electrons. The highest BCUT2D eigenvalue weighted by Gasteiger charge is 2.33. The summed E-state index contributed by atoms with van der Waals surface area (Å²) >= 11 is 6.02. The maximum atomic E-state index is 12.7. The average molecular weight is 383 g/mol. The Morgan fingerprint density at radius 1 is 1.24 bits per heavy atom. The van der Waals surface area contributed by atoms with E-state index in [-0.39, 0.29) is 22.1 Å². The Morgan fingerprint density at radius 3 is 2.44 bits per heavy atom. The first-order valence-corrected chi connectivity index (χ1v) is 9.74. The van der Waals surface area contributed by atoms with E-state index in [1.165, 1.54) is 15.2 Å². The first-order valence-electron chi connectivity index (χ1n) is 7.92. The largest absolute Gasteiger partial charge is 0.349 e. The molecule has 0 radical (unpaired) electrons. The van der Waals surface area contributed by atoms with Gasteiger partial charge >= 0.3 is 0 Å². The fourth-order valence-corrected chi connectivity index (χ4v) is 4.65. The molecule has 25 heavy (non-hydrogen) atoms. The van der Waals surface area contributed by atoms with Crippen LogP contribution >= 0.6 is 11.6 Å². The number of amides is 1. The molecule has 7 nitrogen and oxygen atoms in total. The number of carbonyl (C=O) groups excluding carboxylic acids is 1. The number of aryl methyl sites for hydroxylation is 1. The minimum absolute atomic E-state index is 0.0571. The van der Waals surface area contributed by atoms with Crippen molar-refractivity contribution in [2.24, 2.45) is 7.05 Å². The van der Waals surface area contributed by atoms with E-state index in [0.29, 0.717) is 31.5 Å². The maximum absolute atomic E-state index is 12.7. The van der Waals surface area contributed by atoms with Gasteiger partial charge in [-0.25, -0.2) is 13.4 Å². The van der Waals surface area contributed by atoms with Crippen molar-refractivity contribution >= 4 is 27.5 Å². The zero-order chi connectivity index (χ0) is 18.0. The Bertz CT molecular complexity index is 859. The van der Waals surface area contributed by atoms with Gasteiger partial charge in [-0.15, -0.1) is 0 Å². The maximum Gasteiger partial charge on any atom is 0.263 e. The topological polar surface area (TPSA) is 84.3 Å². The summed E-state index contributed by atoms with van der Waals surface area (Å²) in [5.41, 5.74) is 0.595. The Balaban J connectivity index is 1.62. The van der Waals surface area contributed by atoms with Crippen LogP contribution in [0.4, 0.5) is 0 Å². The normalized spacial score (nSPS) is 16.7. The Hall–Kier alpha value is -1.90. The number of nitrogens with one attached hydrogen (secondary N) is 1. The summed E-state index contributed by atoms with van der Waals surface area (Å²) in [6.45, 7) is 0.629. The van der Waals surface area contributed by atoms with Gasteiger partial charge in [-0.05, 0) is 25.0 Å². The highest BCUT2D eigenvalue weighted by Crippen LogP contribution is 2.25. The van der Waals surface area contributed by atoms with Gasteiger partial charge in [0.25, 0.3) is 15.9 Å². The molecule has 1 aromatic carbocycles. The molecule has 1 aromatic heterocycles. The molecule has 0 aliphatic carbocycles. The third-order valence-corrected chi connectivity index (χ3v) is 6.63. The number of sulfonamides is 1. The molecule has 3 rings (SSSR count). The number of hydrogen-bond acceptors (Lipinski definition) is 4. The summed E-state index contributed by atoms with van der Waals surface area (Å²) in [5.74, 6) is -0.144. The van der Waals surface area contributed by atoms with E-state index in [1.807, 2.05) is 6.07 Å². The molecule has 1 fully saturated rings. The van der Waals surface area contributed by atoms with Gasteiger partial charge in [-0.2, -0.15) is 4.31 Å². The highest BCUT2D eigenvalue weighted by atomic mass is 35.5. The zero-order valence-corrected chi connectivity index (χ0v) is 15.3. The van der Waals surface area contributed by atoms with Crippen molar-refractivity contribution in [1.29, 1.82) is 0 Å². The summed E-state index contributed by atoms with van der Waals surface area (Å²) in [6, 6.07) is 8.90. The van der Waals surface area contributed by atoms with Gasteiger partial charge < -0.3 is 9.88 Å². The van der Waals surface area contributed by atoms with Crippen molar-refractivity contribution in [1.82, 2.24) is 19.2 Å². The van der Waals surface area contributed by atoms with E-state index in [9.17, 15) is 13.2 Å². The number of imidazole rings is 1. The molecule has 1 amide bonds. The molecule has 0 spiro atoms. The number of halogens is 1. The van der Waals surface area contributed by atoms with Crippen molar-refractivity contribution in [3.63, 3.8) is 0 Å². The summed E-state index contributed by atoms with van der Waals surface area (Å²) < 4.78 is 28.1. The standard InChI is InChI=1S/C16H19ClN4O3S/c1-20-11-18-16(14(20)17)25(23,24)21-9-7-13(8-10-21)19-15(22)12-5-3-2-4-6-12/h2-6,11,13H,7-10H2,1H3,(H,19,22). The summed E-state index contributed by atoms with van der Waals surface area (Å²) in [6.07, 6.45) is 2.46. The molecular formula is C16H19ClN4O3S. The van der Waals surface area contributed by atoms with Crippen LogP contribution in [0.25, 0.3) is 0 Å². The van der Waals surface area contributed by atoms with E-state index in [0.717, 1.165) is 0 Å². The van der Waals surface area contributed by atoms with Crippen molar-refractivity contribution in [3.05, 3.63) is 47.4 Å². The minimum Gasteiger partial charge on any atom is -0.349 e. The smallest absolute Gasteiger partial charge is 0.263 e. The molecule has 1 aliphatic rings. The fourth-order valence-electron chi connectivity index (χ4n) is 2.79. The van der Waals surface area contributed by atoms with Crippen LogP contribution in [0.15, 0.2) is 41.7 Å².